The zero-order valence-electron chi connectivity index (χ0n) is 10.8. The number of benzene rings is 1. The van der Waals surface area contributed by atoms with E-state index in [9.17, 15) is 9.18 Å². The Bertz CT molecular complexity index is 439. The van der Waals surface area contributed by atoms with Crippen LogP contribution in [0, 0.1) is 5.82 Å². The number of ether oxygens (including phenoxy) is 1. The van der Waals surface area contributed by atoms with E-state index in [1.54, 1.807) is 17.0 Å². The van der Waals surface area contributed by atoms with Gasteiger partial charge >= 0.3 is 0 Å². The molecule has 0 aromatic heterocycles. The molecule has 0 saturated carbocycles. The topological polar surface area (TPSA) is 55.6 Å². The van der Waals surface area contributed by atoms with E-state index in [1.165, 1.54) is 12.1 Å². The molecule has 5 heteroatoms. The molecule has 1 aliphatic heterocycles. The lowest BCUT2D eigenvalue weighted by atomic mass is 10.0. The number of nitrogens with zero attached hydrogens (tertiary/aromatic N) is 1. The molecule has 1 aromatic carbocycles. The summed E-state index contributed by atoms with van der Waals surface area (Å²) in [5.74, 6) is -0.0863. The van der Waals surface area contributed by atoms with E-state index in [1.807, 2.05) is 0 Å². The van der Waals surface area contributed by atoms with Crippen molar-refractivity contribution in [3.8, 4) is 5.75 Å². The molecule has 0 aliphatic carbocycles. The molecule has 4 nitrogen and oxygen atoms in total. The van der Waals surface area contributed by atoms with E-state index in [4.69, 9.17) is 10.5 Å². The Balaban J connectivity index is 1.89. The van der Waals surface area contributed by atoms with Crippen molar-refractivity contribution in [2.75, 3.05) is 19.7 Å². The van der Waals surface area contributed by atoms with Crippen LogP contribution in [0.2, 0.25) is 0 Å². The minimum Gasteiger partial charge on any atom is -0.484 e. The first-order chi connectivity index (χ1) is 9.20. The van der Waals surface area contributed by atoms with Gasteiger partial charge in [0.25, 0.3) is 5.91 Å². The predicted molar refractivity (Wildman–Crippen MR) is 70.3 cm³/mol. The minimum atomic E-state index is -0.372. The fourth-order valence-corrected chi connectivity index (χ4v) is 2.36. The zero-order valence-corrected chi connectivity index (χ0v) is 10.8. The Kier molecular flexibility index (Phi) is 4.74. The van der Waals surface area contributed by atoms with Gasteiger partial charge < -0.3 is 15.4 Å². The van der Waals surface area contributed by atoms with Gasteiger partial charge in [0, 0.05) is 25.2 Å². The van der Waals surface area contributed by atoms with Gasteiger partial charge in [0.1, 0.15) is 11.6 Å². The van der Waals surface area contributed by atoms with Gasteiger partial charge in [0.05, 0.1) is 0 Å². The van der Waals surface area contributed by atoms with Crippen molar-refractivity contribution in [1.29, 1.82) is 0 Å². The summed E-state index contributed by atoms with van der Waals surface area (Å²) in [7, 11) is 0. The molecule has 0 radical (unpaired) electrons. The van der Waals surface area contributed by atoms with Crippen molar-refractivity contribution >= 4 is 5.91 Å². The first kappa shape index (κ1) is 13.8. The van der Waals surface area contributed by atoms with Gasteiger partial charge in [-0.2, -0.15) is 0 Å². The maximum Gasteiger partial charge on any atom is 0.260 e. The van der Waals surface area contributed by atoms with Crippen LogP contribution in [0.1, 0.15) is 19.3 Å². The Morgan fingerprint density at radius 3 is 3.05 bits per heavy atom. The molecule has 2 N–H and O–H groups in total. The number of carbonyl (C=O) groups is 1. The molecule has 0 bridgehead atoms. The summed E-state index contributed by atoms with van der Waals surface area (Å²) in [4.78, 5) is 13.9. The van der Waals surface area contributed by atoms with Crippen LogP contribution in [-0.4, -0.2) is 36.5 Å². The molecule has 1 amide bonds. The molecule has 0 spiro atoms. The Morgan fingerprint density at radius 1 is 1.47 bits per heavy atom. The Labute approximate surface area is 112 Å². The van der Waals surface area contributed by atoms with Gasteiger partial charge in [-0.3, -0.25) is 4.79 Å². The highest BCUT2D eigenvalue weighted by molar-refractivity contribution is 5.78. The number of amides is 1. The van der Waals surface area contributed by atoms with E-state index in [0.717, 1.165) is 25.8 Å². The van der Waals surface area contributed by atoms with E-state index in [2.05, 4.69) is 0 Å². The van der Waals surface area contributed by atoms with Crippen LogP contribution in [0.3, 0.4) is 0 Å². The molecule has 104 valence electrons. The molecule has 0 unspecified atom stereocenters. The van der Waals surface area contributed by atoms with Crippen molar-refractivity contribution in [2.24, 2.45) is 5.73 Å². The van der Waals surface area contributed by atoms with E-state index in [0.29, 0.717) is 12.3 Å². The number of piperidine rings is 1. The maximum atomic E-state index is 13.0. The van der Waals surface area contributed by atoms with E-state index in [-0.39, 0.29) is 24.4 Å². The Morgan fingerprint density at radius 2 is 2.32 bits per heavy atom. The SMILES string of the molecule is NC[C@H]1CCCCN1C(=O)COc1cccc(F)c1. The van der Waals surface area contributed by atoms with Crippen molar-refractivity contribution in [2.45, 2.75) is 25.3 Å². The molecule has 1 aromatic rings. The summed E-state index contributed by atoms with van der Waals surface area (Å²) in [6.45, 7) is 1.14. The van der Waals surface area contributed by atoms with Crippen LogP contribution in [0.4, 0.5) is 4.39 Å². The number of halogens is 1. The Hall–Kier alpha value is -1.62. The van der Waals surface area contributed by atoms with Gasteiger partial charge in [-0.1, -0.05) is 6.07 Å². The van der Waals surface area contributed by atoms with Crippen molar-refractivity contribution in [3.05, 3.63) is 30.1 Å². The fraction of sp³-hybridized carbons (Fsp3) is 0.500. The number of rotatable bonds is 4. The first-order valence-electron chi connectivity index (χ1n) is 6.58. The second kappa shape index (κ2) is 6.52. The number of hydrogen-bond acceptors (Lipinski definition) is 3. The van der Waals surface area contributed by atoms with Crippen LogP contribution in [0.5, 0.6) is 5.75 Å². The van der Waals surface area contributed by atoms with Crippen LogP contribution in [0.25, 0.3) is 0 Å². The average molecular weight is 266 g/mol. The summed E-state index contributed by atoms with van der Waals surface area (Å²) in [5.41, 5.74) is 5.67. The summed E-state index contributed by atoms with van der Waals surface area (Å²) < 4.78 is 18.3. The van der Waals surface area contributed by atoms with Gasteiger partial charge in [-0.15, -0.1) is 0 Å². The maximum absolute atomic E-state index is 13.0. The van der Waals surface area contributed by atoms with Gasteiger partial charge in [0.15, 0.2) is 6.61 Å². The van der Waals surface area contributed by atoms with Gasteiger partial charge in [-0.05, 0) is 31.4 Å². The van der Waals surface area contributed by atoms with Crippen molar-refractivity contribution in [1.82, 2.24) is 4.90 Å². The lowest BCUT2D eigenvalue weighted by molar-refractivity contribution is -0.136. The lowest BCUT2D eigenvalue weighted by Gasteiger charge is -2.34. The second-order valence-electron chi connectivity index (χ2n) is 4.72. The van der Waals surface area contributed by atoms with E-state index >= 15 is 0 Å². The molecule has 2 rings (SSSR count). The molecule has 1 saturated heterocycles. The lowest BCUT2D eigenvalue weighted by Crippen LogP contribution is -2.49. The third-order valence-corrected chi connectivity index (χ3v) is 3.38. The quantitative estimate of drug-likeness (QED) is 0.899. The number of likely N-dealkylation sites (tertiary alicyclic amines) is 1. The highest BCUT2D eigenvalue weighted by Crippen LogP contribution is 2.17. The number of carbonyl (C=O) groups excluding carboxylic acids is 1. The predicted octanol–water partition coefficient (Wildman–Crippen LogP) is 1.54. The molecular weight excluding hydrogens is 247 g/mol. The largest absolute Gasteiger partial charge is 0.484 e. The zero-order chi connectivity index (χ0) is 13.7. The summed E-state index contributed by atoms with van der Waals surface area (Å²) >= 11 is 0. The summed E-state index contributed by atoms with van der Waals surface area (Å²) in [6.07, 6.45) is 3.06. The van der Waals surface area contributed by atoms with E-state index < -0.39 is 0 Å². The second-order valence-corrected chi connectivity index (χ2v) is 4.72. The number of hydrogen-bond donors (Lipinski definition) is 1. The fourth-order valence-electron chi connectivity index (χ4n) is 2.36. The monoisotopic (exact) mass is 266 g/mol. The molecule has 1 heterocycles. The smallest absolute Gasteiger partial charge is 0.260 e. The normalized spacial score (nSPS) is 19.3. The van der Waals surface area contributed by atoms with Gasteiger partial charge in [0.2, 0.25) is 0 Å². The molecular formula is C14H19FN2O2. The summed E-state index contributed by atoms with van der Waals surface area (Å²) in [5, 5.41) is 0. The first-order valence-corrected chi connectivity index (χ1v) is 6.58. The molecule has 1 fully saturated rings. The summed E-state index contributed by atoms with van der Waals surface area (Å²) in [6, 6.07) is 5.90. The molecule has 1 atom stereocenters. The highest BCUT2D eigenvalue weighted by Gasteiger charge is 2.25. The number of nitrogens with two attached hydrogens (primary N) is 1. The van der Waals surface area contributed by atoms with Crippen LogP contribution in [0.15, 0.2) is 24.3 Å². The van der Waals surface area contributed by atoms with Crippen LogP contribution >= 0.6 is 0 Å². The van der Waals surface area contributed by atoms with Crippen LogP contribution < -0.4 is 10.5 Å². The highest BCUT2D eigenvalue weighted by atomic mass is 19.1. The molecule has 19 heavy (non-hydrogen) atoms. The standard InChI is InChI=1S/C14H19FN2O2/c15-11-4-3-6-13(8-11)19-10-14(18)17-7-2-1-5-12(17)9-16/h3-4,6,8,12H,1-2,5,7,9-10,16H2/t12-/m1/s1. The minimum absolute atomic E-state index is 0.0695. The molecule has 1 aliphatic rings. The van der Waals surface area contributed by atoms with Crippen molar-refractivity contribution in [3.63, 3.8) is 0 Å². The average Bonchev–Trinajstić information content (AvgIpc) is 2.45. The van der Waals surface area contributed by atoms with Crippen LogP contribution in [-0.2, 0) is 4.79 Å². The third-order valence-electron chi connectivity index (χ3n) is 3.38. The van der Waals surface area contributed by atoms with Gasteiger partial charge in [-0.25, -0.2) is 4.39 Å². The van der Waals surface area contributed by atoms with Crippen molar-refractivity contribution < 1.29 is 13.9 Å². The third kappa shape index (κ3) is 3.67.